The molecule has 0 aliphatic heterocycles. The molecular weight excluding hydrogens is 421 g/mol. The number of carbonyl (C=O) groups excluding carboxylic acids is 1. The van der Waals surface area contributed by atoms with Crippen LogP contribution in [0.5, 0.6) is 0 Å². The Balaban J connectivity index is 1.72. The molecular formula is C18H13F3N6O2S. The summed E-state index contributed by atoms with van der Waals surface area (Å²) in [4.78, 5) is 24.5. The monoisotopic (exact) mass is 434 g/mol. The summed E-state index contributed by atoms with van der Waals surface area (Å²) >= 11 is 1.07. The van der Waals surface area contributed by atoms with Crippen LogP contribution in [0.25, 0.3) is 17.0 Å². The van der Waals surface area contributed by atoms with Gasteiger partial charge in [-0.25, -0.2) is 20.4 Å². The minimum Gasteiger partial charge on any atom is -0.316 e. The summed E-state index contributed by atoms with van der Waals surface area (Å²) < 4.78 is 40.8. The third kappa shape index (κ3) is 3.69. The maximum absolute atomic E-state index is 13.1. The molecule has 0 saturated carbocycles. The molecule has 4 heterocycles. The summed E-state index contributed by atoms with van der Waals surface area (Å²) in [6.07, 6.45) is -2.04. The first-order valence-electron chi connectivity index (χ1n) is 8.47. The second kappa shape index (κ2) is 7.39. The number of anilines is 2. The molecule has 0 unspecified atom stereocenters. The molecule has 0 fully saturated rings. The van der Waals surface area contributed by atoms with Gasteiger partial charge in [0.1, 0.15) is 5.65 Å². The summed E-state index contributed by atoms with van der Waals surface area (Å²) in [5, 5.41) is 12.2. The molecule has 0 aromatic carbocycles. The van der Waals surface area contributed by atoms with Crippen LogP contribution in [0.3, 0.4) is 0 Å². The van der Waals surface area contributed by atoms with Crippen LogP contribution in [-0.4, -0.2) is 30.5 Å². The number of thiophene rings is 1. The third-order valence-electron chi connectivity index (χ3n) is 4.18. The van der Waals surface area contributed by atoms with E-state index in [0.717, 1.165) is 23.6 Å². The summed E-state index contributed by atoms with van der Waals surface area (Å²) in [6.45, 7) is 1.68. The minimum absolute atomic E-state index is 0.187. The van der Waals surface area contributed by atoms with Crippen molar-refractivity contribution in [2.24, 2.45) is 0 Å². The Morgan fingerprint density at radius 2 is 1.97 bits per heavy atom. The average molecular weight is 434 g/mol. The lowest BCUT2D eigenvalue weighted by atomic mass is 10.2. The zero-order valence-electron chi connectivity index (χ0n) is 15.2. The van der Waals surface area contributed by atoms with Crippen molar-refractivity contribution in [1.29, 1.82) is 0 Å². The number of aromatic nitrogens is 4. The van der Waals surface area contributed by atoms with Gasteiger partial charge in [0.05, 0.1) is 32.5 Å². The van der Waals surface area contributed by atoms with Crippen LogP contribution < -0.4 is 10.8 Å². The molecule has 0 bridgehead atoms. The highest BCUT2D eigenvalue weighted by Crippen LogP contribution is 2.32. The number of alkyl halides is 3. The number of fused-ring (bicyclic) bond motifs is 1. The van der Waals surface area contributed by atoms with Crippen LogP contribution in [0.2, 0.25) is 0 Å². The number of imidazole rings is 1. The number of aryl methyl sites for hydroxylation is 1. The van der Waals surface area contributed by atoms with Crippen LogP contribution in [0.1, 0.15) is 20.9 Å². The summed E-state index contributed by atoms with van der Waals surface area (Å²) in [5.41, 5.74) is 2.41. The molecule has 154 valence electrons. The molecule has 0 aliphatic carbocycles. The third-order valence-corrected chi connectivity index (χ3v) is 5.18. The van der Waals surface area contributed by atoms with Gasteiger partial charge in [0.25, 0.3) is 5.91 Å². The van der Waals surface area contributed by atoms with E-state index in [0.29, 0.717) is 27.7 Å². The summed E-state index contributed by atoms with van der Waals surface area (Å²) in [6, 6.07) is 6.98. The number of amides is 1. The van der Waals surface area contributed by atoms with Crippen LogP contribution in [0.15, 0.2) is 42.7 Å². The molecule has 30 heavy (non-hydrogen) atoms. The predicted octanol–water partition coefficient (Wildman–Crippen LogP) is 4.04. The van der Waals surface area contributed by atoms with E-state index in [9.17, 15) is 18.0 Å². The van der Waals surface area contributed by atoms with Crippen LogP contribution >= 0.6 is 11.3 Å². The van der Waals surface area contributed by atoms with Crippen molar-refractivity contribution in [3.05, 3.63) is 58.9 Å². The molecule has 4 rings (SSSR count). The lowest BCUT2D eigenvalue weighted by Gasteiger charge is -2.09. The summed E-state index contributed by atoms with van der Waals surface area (Å²) in [5.74, 6) is -0.462. The van der Waals surface area contributed by atoms with E-state index >= 15 is 0 Å². The molecule has 0 saturated heterocycles. The van der Waals surface area contributed by atoms with Gasteiger partial charge in [0, 0.05) is 12.4 Å². The maximum atomic E-state index is 13.1. The highest BCUT2D eigenvalue weighted by molar-refractivity contribution is 7.18. The number of hydrogen-bond donors (Lipinski definition) is 3. The lowest BCUT2D eigenvalue weighted by molar-refractivity contribution is -0.137. The van der Waals surface area contributed by atoms with Gasteiger partial charge < -0.3 is 5.32 Å². The van der Waals surface area contributed by atoms with Crippen molar-refractivity contribution >= 4 is 33.8 Å². The van der Waals surface area contributed by atoms with Gasteiger partial charge in [0.15, 0.2) is 0 Å². The Hall–Kier alpha value is -3.51. The second-order valence-corrected chi connectivity index (χ2v) is 7.27. The highest BCUT2D eigenvalue weighted by Gasteiger charge is 2.31. The van der Waals surface area contributed by atoms with Crippen molar-refractivity contribution in [2.45, 2.75) is 13.1 Å². The second-order valence-electron chi connectivity index (χ2n) is 6.18. The molecule has 4 aromatic heterocycles. The van der Waals surface area contributed by atoms with Crippen molar-refractivity contribution in [2.75, 3.05) is 5.32 Å². The van der Waals surface area contributed by atoms with Gasteiger partial charge in [-0.2, -0.15) is 13.2 Å². The van der Waals surface area contributed by atoms with E-state index in [4.69, 9.17) is 5.21 Å². The topological polar surface area (TPSA) is 104 Å². The first-order chi connectivity index (χ1) is 14.3. The fourth-order valence-electron chi connectivity index (χ4n) is 2.88. The number of nitrogens with one attached hydrogen (secondary N) is 2. The van der Waals surface area contributed by atoms with Gasteiger partial charge in [-0.3, -0.25) is 14.4 Å². The average Bonchev–Trinajstić information content (AvgIpc) is 3.29. The van der Waals surface area contributed by atoms with Gasteiger partial charge in [-0.15, -0.1) is 11.3 Å². The molecule has 12 heteroatoms. The van der Waals surface area contributed by atoms with Crippen LogP contribution in [0.4, 0.5) is 24.1 Å². The van der Waals surface area contributed by atoms with E-state index in [1.165, 1.54) is 22.7 Å². The Bertz CT molecular complexity index is 1250. The highest BCUT2D eigenvalue weighted by atomic mass is 32.1. The largest absolute Gasteiger partial charge is 0.417 e. The van der Waals surface area contributed by atoms with Gasteiger partial charge in [-0.1, -0.05) is 0 Å². The molecule has 3 N–H and O–H groups in total. The van der Waals surface area contributed by atoms with E-state index in [1.54, 1.807) is 24.5 Å². The zero-order valence-corrected chi connectivity index (χ0v) is 16.0. The van der Waals surface area contributed by atoms with Crippen LogP contribution in [0, 0.1) is 6.92 Å². The molecule has 8 nitrogen and oxygen atoms in total. The number of pyridine rings is 1. The smallest absolute Gasteiger partial charge is 0.316 e. The number of hydroxylamine groups is 1. The van der Waals surface area contributed by atoms with Gasteiger partial charge >= 0.3 is 6.18 Å². The SMILES string of the molecule is Cc1nc2ccc(C(F)(F)F)cn2c1-c1ccnc(Nc2ccc(C(=O)NO)s2)n1. The fourth-order valence-corrected chi connectivity index (χ4v) is 3.67. The van der Waals surface area contributed by atoms with Crippen molar-refractivity contribution in [1.82, 2.24) is 24.8 Å². The zero-order chi connectivity index (χ0) is 21.5. The summed E-state index contributed by atoms with van der Waals surface area (Å²) in [7, 11) is 0. The number of hydrogen-bond acceptors (Lipinski definition) is 7. The minimum atomic E-state index is -4.49. The number of halogens is 3. The Labute approximate surface area is 171 Å². The first kappa shape index (κ1) is 19.8. The Morgan fingerprint density at radius 1 is 1.17 bits per heavy atom. The molecule has 0 spiro atoms. The van der Waals surface area contributed by atoms with Gasteiger partial charge in [-0.05, 0) is 37.3 Å². The van der Waals surface area contributed by atoms with E-state index < -0.39 is 17.6 Å². The van der Waals surface area contributed by atoms with Crippen molar-refractivity contribution in [3.63, 3.8) is 0 Å². The van der Waals surface area contributed by atoms with E-state index in [2.05, 4.69) is 20.3 Å². The van der Waals surface area contributed by atoms with Gasteiger partial charge in [0.2, 0.25) is 5.95 Å². The number of nitrogens with zero attached hydrogens (tertiary/aromatic N) is 4. The van der Waals surface area contributed by atoms with Crippen LogP contribution in [-0.2, 0) is 6.18 Å². The quantitative estimate of drug-likeness (QED) is 0.331. The fraction of sp³-hybridized carbons (Fsp3) is 0.111. The molecule has 4 aromatic rings. The first-order valence-corrected chi connectivity index (χ1v) is 9.28. The predicted molar refractivity (Wildman–Crippen MR) is 103 cm³/mol. The number of rotatable bonds is 4. The Morgan fingerprint density at radius 3 is 2.70 bits per heavy atom. The molecule has 0 atom stereocenters. The van der Waals surface area contributed by atoms with Crippen molar-refractivity contribution < 1.29 is 23.2 Å². The molecule has 0 aliphatic rings. The molecule has 1 amide bonds. The van der Waals surface area contributed by atoms with Crippen molar-refractivity contribution in [3.8, 4) is 11.4 Å². The maximum Gasteiger partial charge on any atom is 0.417 e. The standard InChI is InChI=1S/C18H13F3N6O2S/c1-9-15(27-8-10(18(19,20)21)2-4-13(27)23-9)11-6-7-22-17(24-11)25-14-5-3-12(30-14)16(28)26-29/h2-8,29H,1H3,(H,26,28)(H,22,24,25). The normalized spacial score (nSPS) is 11.6. The lowest BCUT2D eigenvalue weighted by Crippen LogP contribution is -2.16. The molecule has 0 radical (unpaired) electrons. The number of carbonyl (C=O) groups is 1. The Kier molecular flexibility index (Phi) is 4.87. The van der Waals surface area contributed by atoms with E-state index in [1.807, 2.05) is 0 Å². The van der Waals surface area contributed by atoms with E-state index in [-0.39, 0.29) is 10.8 Å².